The lowest BCUT2D eigenvalue weighted by molar-refractivity contribution is 0.488. The summed E-state index contributed by atoms with van der Waals surface area (Å²) in [5, 5.41) is 4.57. The lowest BCUT2D eigenvalue weighted by Crippen LogP contribution is -2.59. The molecule has 8 aromatic carbocycles. The van der Waals surface area contributed by atoms with Gasteiger partial charge < -0.3 is 19.0 Å². The van der Waals surface area contributed by atoms with Gasteiger partial charge in [0.2, 0.25) is 0 Å². The Balaban J connectivity index is 1.11. The number of hydrogen-bond acceptors (Lipinski definition) is 4. The zero-order valence-electron chi connectivity index (χ0n) is 29.4. The van der Waals surface area contributed by atoms with Crippen LogP contribution in [0, 0.1) is 13.8 Å². The molecule has 1 aromatic heterocycles. The van der Waals surface area contributed by atoms with Crippen LogP contribution >= 0.6 is 0 Å². The van der Waals surface area contributed by atoms with Crippen LogP contribution < -0.4 is 30.9 Å². The highest BCUT2D eigenvalue weighted by molar-refractivity contribution is 7.00. The molecule has 3 heterocycles. The van der Waals surface area contributed by atoms with Crippen LogP contribution in [0.25, 0.3) is 32.7 Å². The van der Waals surface area contributed by atoms with Gasteiger partial charge in [0.05, 0.1) is 0 Å². The third-order valence-corrected chi connectivity index (χ3v) is 11.0. The monoisotopic (exact) mass is 680 g/mol. The molecule has 0 saturated heterocycles. The van der Waals surface area contributed by atoms with Gasteiger partial charge in [-0.05, 0) is 120 Å². The molecule has 53 heavy (non-hydrogen) atoms. The van der Waals surface area contributed by atoms with Gasteiger partial charge in [0.15, 0.2) is 0 Å². The number of aryl methyl sites for hydroxylation is 2. The highest BCUT2D eigenvalue weighted by Crippen LogP contribution is 2.44. The van der Waals surface area contributed by atoms with Crippen LogP contribution in [0.3, 0.4) is 0 Å². The molecule has 0 bridgehead atoms. The third kappa shape index (κ3) is 4.57. The van der Waals surface area contributed by atoms with Gasteiger partial charge in [0.1, 0.15) is 22.7 Å². The molecule has 0 N–H and O–H groups in total. The van der Waals surface area contributed by atoms with Crippen LogP contribution in [-0.4, -0.2) is 6.71 Å². The molecule has 0 radical (unpaired) electrons. The first-order valence-corrected chi connectivity index (χ1v) is 18.2. The smallest absolute Gasteiger partial charge is 0.257 e. The maximum Gasteiger partial charge on any atom is 0.257 e. The van der Waals surface area contributed by atoms with Gasteiger partial charge in [0.25, 0.3) is 6.71 Å². The second kappa shape index (κ2) is 11.4. The number of fused-ring (bicyclic) bond motifs is 9. The van der Waals surface area contributed by atoms with Gasteiger partial charge in [0, 0.05) is 51.0 Å². The van der Waals surface area contributed by atoms with E-state index in [0.29, 0.717) is 0 Å². The molecule has 0 fully saturated rings. The predicted octanol–water partition coefficient (Wildman–Crippen LogP) is 11.2. The van der Waals surface area contributed by atoms with E-state index in [2.05, 4.69) is 187 Å². The van der Waals surface area contributed by atoms with E-state index in [1.807, 2.05) is 0 Å². The largest absolute Gasteiger partial charge is 0.458 e. The lowest BCUT2D eigenvalue weighted by Gasteiger charge is -2.40. The van der Waals surface area contributed by atoms with Crippen molar-refractivity contribution in [2.24, 2.45) is 0 Å². The molecule has 0 amide bonds. The van der Waals surface area contributed by atoms with Crippen molar-refractivity contribution in [2.75, 3.05) is 9.80 Å². The summed E-state index contributed by atoms with van der Waals surface area (Å²) < 4.78 is 13.7. The number of para-hydroxylation sites is 1. The Bertz CT molecular complexity index is 2850. The fourth-order valence-corrected chi connectivity index (χ4v) is 8.54. The van der Waals surface area contributed by atoms with Crippen molar-refractivity contribution in [1.29, 1.82) is 0 Å². The summed E-state index contributed by atoms with van der Waals surface area (Å²) in [5.74, 6) is 1.76. The Kier molecular flexibility index (Phi) is 6.44. The average molecular weight is 681 g/mol. The molecular formula is C48H33BN2O2. The number of hydrogen-bond donors (Lipinski definition) is 0. The molecule has 0 atom stereocenters. The number of rotatable bonds is 4. The fraction of sp³-hybridized carbons (Fsp3) is 0.0417. The van der Waals surface area contributed by atoms with Crippen LogP contribution in [0.5, 0.6) is 11.5 Å². The van der Waals surface area contributed by atoms with Crippen molar-refractivity contribution in [2.45, 2.75) is 13.8 Å². The molecule has 2 aliphatic heterocycles. The average Bonchev–Trinajstić information content (AvgIpc) is 3.55. The second-order valence-corrected chi connectivity index (χ2v) is 14.3. The minimum atomic E-state index is -0.0437. The van der Waals surface area contributed by atoms with E-state index >= 15 is 0 Å². The Labute approximate surface area is 308 Å². The van der Waals surface area contributed by atoms with Gasteiger partial charge in [-0.2, -0.15) is 0 Å². The predicted molar refractivity (Wildman–Crippen MR) is 221 cm³/mol. The number of anilines is 6. The van der Waals surface area contributed by atoms with Crippen molar-refractivity contribution in [1.82, 2.24) is 0 Å². The summed E-state index contributed by atoms with van der Waals surface area (Å²) in [4.78, 5) is 4.68. The number of ether oxygens (including phenoxy) is 1. The van der Waals surface area contributed by atoms with E-state index in [1.165, 1.54) is 38.5 Å². The molecule has 5 heteroatoms. The van der Waals surface area contributed by atoms with Crippen LogP contribution in [-0.2, 0) is 0 Å². The first-order chi connectivity index (χ1) is 26.1. The molecule has 0 saturated carbocycles. The van der Waals surface area contributed by atoms with E-state index in [1.54, 1.807) is 0 Å². The molecule has 9 aromatic rings. The van der Waals surface area contributed by atoms with Crippen molar-refractivity contribution >= 4 is 89.9 Å². The molecule has 4 nitrogen and oxygen atoms in total. The number of furan rings is 1. The zero-order chi connectivity index (χ0) is 35.2. The van der Waals surface area contributed by atoms with E-state index in [9.17, 15) is 0 Å². The molecule has 0 aliphatic carbocycles. The maximum absolute atomic E-state index is 6.88. The van der Waals surface area contributed by atoms with Crippen molar-refractivity contribution in [3.8, 4) is 11.5 Å². The quantitative estimate of drug-likeness (QED) is 0.173. The van der Waals surface area contributed by atoms with Crippen LogP contribution in [0.15, 0.2) is 168 Å². The van der Waals surface area contributed by atoms with Crippen molar-refractivity contribution in [3.05, 3.63) is 175 Å². The van der Waals surface area contributed by atoms with Gasteiger partial charge in [-0.25, -0.2) is 0 Å². The first kappa shape index (κ1) is 30.0. The third-order valence-electron chi connectivity index (χ3n) is 11.0. The Morgan fingerprint density at radius 1 is 0.491 bits per heavy atom. The minimum absolute atomic E-state index is 0.0437. The molecular weight excluding hydrogens is 647 g/mol. The second-order valence-electron chi connectivity index (χ2n) is 14.3. The summed E-state index contributed by atoms with van der Waals surface area (Å²) in [6, 6.07) is 58.7. The highest BCUT2D eigenvalue weighted by Gasteiger charge is 2.43. The van der Waals surface area contributed by atoms with Gasteiger partial charge in [-0.15, -0.1) is 0 Å². The molecule has 11 rings (SSSR count). The normalized spacial score (nSPS) is 12.8. The van der Waals surface area contributed by atoms with Crippen LogP contribution in [0.2, 0.25) is 0 Å². The first-order valence-electron chi connectivity index (χ1n) is 18.2. The molecule has 0 spiro atoms. The van der Waals surface area contributed by atoms with Crippen molar-refractivity contribution in [3.63, 3.8) is 0 Å². The van der Waals surface area contributed by atoms with E-state index < -0.39 is 0 Å². The Morgan fingerprint density at radius 3 is 1.94 bits per heavy atom. The summed E-state index contributed by atoms with van der Waals surface area (Å²) in [6.45, 7) is 4.20. The summed E-state index contributed by atoms with van der Waals surface area (Å²) >= 11 is 0. The standard InChI is InChI=1S/C48H33BN2O2/c1-30-15-20-34(21-16-30)50(35-22-17-31(2)18-23-35)36-24-25-38-39-28-46-40(29-45(39)53-44(38)27-36)49-47-37-12-7-6-9-32(37)19-26-42(47)51(33-10-4-3-5-11-33)41-13-8-14-43(52-46)48(41)49/h3-29H,1-2H3. The summed E-state index contributed by atoms with van der Waals surface area (Å²) in [7, 11) is 0. The van der Waals surface area contributed by atoms with E-state index in [4.69, 9.17) is 9.15 Å². The van der Waals surface area contributed by atoms with Crippen LogP contribution in [0.4, 0.5) is 34.1 Å². The van der Waals surface area contributed by atoms with Gasteiger partial charge in [-0.3, -0.25) is 0 Å². The molecule has 0 unspecified atom stereocenters. The number of nitrogens with zero attached hydrogens (tertiary/aromatic N) is 2. The maximum atomic E-state index is 6.88. The van der Waals surface area contributed by atoms with Crippen LogP contribution in [0.1, 0.15) is 11.1 Å². The minimum Gasteiger partial charge on any atom is -0.458 e. The van der Waals surface area contributed by atoms with Gasteiger partial charge >= 0.3 is 0 Å². The molecule has 250 valence electrons. The Morgan fingerprint density at radius 2 is 1.17 bits per heavy atom. The van der Waals surface area contributed by atoms with Crippen molar-refractivity contribution < 1.29 is 9.15 Å². The zero-order valence-corrected chi connectivity index (χ0v) is 29.4. The van der Waals surface area contributed by atoms with E-state index in [-0.39, 0.29) is 6.71 Å². The van der Waals surface area contributed by atoms with Gasteiger partial charge in [-0.1, -0.05) is 90.0 Å². The van der Waals surface area contributed by atoms with E-state index in [0.717, 1.165) is 67.3 Å². The number of benzene rings is 8. The summed E-state index contributed by atoms with van der Waals surface area (Å²) in [5.41, 5.74) is 14.4. The lowest BCUT2D eigenvalue weighted by atomic mass is 9.33. The molecule has 2 aliphatic rings. The SMILES string of the molecule is Cc1ccc(N(c2ccc(C)cc2)c2ccc3c(c2)oc2cc4c(cc23)Oc2cccc3c2B4c2c(ccc4ccccc24)N3c2ccccc2)cc1. The fourth-order valence-electron chi connectivity index (χ4n) is 8.54. The topological polar surface area (TPSA) is 28.9 Å². The summed E-state index contributed by atoms with van der Waals surface area (Å²) in [6.07, 6.45) is 0. The Hall–Kier alpha value is -6.72. The highest BCUT2D eigenvalue weighted by atomic mass is 16.5.